The van der Waals surface area contributed by atoms with Crippen molar-refractivity contribution in [1.29, 1.82) is 0 Å². The number of hydrogen-bond acceptors (Lipinski definition) is 10. The summed E-state index contributed by atoms with van der Waals surface area (Å²) in [4.78, 5) is 17.1. The first-order valence-corrected chi connectivity index (χ1v) is 14.1. The van der Waals surface area contributed by atoms with Crippen LogP contribution in [-0.4, -0.2) is 46.3 Å². The van der Waals surface area contributed by atoms with Gasteiger partial charge < -0.3 is 22.6 Å². The van der Waals surface area contributed by atoms with Crippen molar-refractivity contribution in [2.45, 2.75) is 44.3 Å². The summed E-state index contributed by atoms with van der Waals surface area (Å²) in [5.74, 6) is -7.52. The fourth-order valence-corrected chi connectivity index (χ4v) is 5.05. The molecule has 234 valence electrons. The van der Waals surface area contributed by atoms with Crippen LogP contribution >= 0.6 is 0 Å². The van der Waals surface area contributed by atoms with E-state index in [1.54, 1.807) is 0 Å². The Labute approximate surface area is 244 Å². The van der Waals surface area contributed by atoms with Gasteiger partial charge in [-0.2, -0.15) is 21.6 Å². The Hall–Kier alpha value is -4.61. The van der Waals surface area contributed by atoms with E-state index in [4.69, 9.17) is 13.9 Å². The highest BCUT2D eigenvalue weighted by atomic mass is 32.2. The van der Waals surface area contributed by atoms with E-state index in [1.807, 2.05) is 0 Å². The lowest BCUT2D eigenvalue weighted by Crippen LogP contribution is -2.47. The van der Waals surface area contributed by atoms with E-state index in [1.165, 1.54) is 30.5 Å². The van der Waals surface area contributed by atoms with Crippen molar-refractivity contribution in [2.24, 2.45) is 0 Å². The number of carbonyl (C=O) groups excluding carboxylic acids is 1. The Bertz CT molecular complexity index is 1830. The molecule has 0 fully saturated rings. The summed E-state index contributed by atoms with van der Waals surface area (Å²) in [7, 11) is -6.13. The minimum absolute atomic E-state index is 0.00496. The summed E-state index contributed by atoms with van der Waals surface area (Å²) in [6.07, 6.45) is 1.21. The lowest BCUT2D eigenvalue weighted by Gasteiger charge is -2.34. The van der Waals surface area contributed by atoms with Gasteiger partial charge in [-0.15, -0.1) is 10.2 Å². The first-order valence-electron chi connectivity index (χ1n) is 12.7. The summed E-state index contributed by atoms with van der Waals surface area (Å²) in [6, 6.07) is 4.57. The van der Waals surface area contributed by atoms with Crippen LogP contribution in [0.2, 0.25) is 0 Å². The summed E-state index contributed by atoms with van der Waals surface area (Å²) in [5.41, 5.74) is -8.09. The molecule has 0 aliphatic carbocycles. The largest absolute Gasteiger partial charge is 0.534 e. The van der Waals surface area contributed by atoms with Crippen LogP contribution in [0.3, 0.4) is 0 Å². The zero-order valence-electron chi connectivity index (χ0n) is 22.6. The van der Waals surface area contributed by atoms with E-state index < -0.39 is 56.1 Å². The molecule has 18 heteroatoms. The van der Waals surface area contributed by atoms with Crippen molar-refractivity contribution < 1.29 is 57.6 Å². The number of halogens is 6. The van der Waals surface area contributed by atoms with Crippen LogP contribution in [0, 0.1) is 24.4 Å². The number of nitrogens with zero attached hydrogens (tertiary/aromatic N) is 4. The van der Waals surface area contributed by atoms with Crippen LogP contribution < -0.4 is 8.92 Å². The Balaban J connectivity index is 1.64. The van der Waals surface area contributed by atoms with Gasteiger partial charge in [0.05, 0.1) is 18.4 Å². The maximum atomic E-state index is 14.0. The average Bonchev–Trinajstić information content (AvgIpc) is 3.58. The van der Waals surface area contributed by atoms with E-state index in [-0.39, 0.29) is 60.4 Å². The molecular weight excluding hydrogens is 626 g/mol. The molecule has 0 saturated carbocycles. The summed E-state index contributed by atoms with van der Waals surface area (Å²) < 4.78 is 127. The quantitative estimate of drug-likeness (QED) is 0.0828. The molecule has 1 atom stereocenters. The molecule has 44 heavy (non-hydrogen) atoms. The Kier molecular flexibility index (Phi) is 7.81. The number of aryl methyl sites for hydroxylation is 1. The first-order chi connectivity index (χ1) is 20.7. The highest BCUT2D eigenvalue weighted by Gasteiger charge is 2.52. The number of oxazole rings is 1. The Morgan fingerprint density at radius 3 is 2.43 bits per heavy atom. The number of alkyl halides is 3. The molecule has 1 aliphatic heterocycles. The molecule has 2 aromatic carbocycles. The van der Waals surface area contributed by atoms with Gasteiger partial charge in [0.15, 0.2) is 46.5 Å². The summed E-state index contributed by atoms with van der Waals surface area (Å²) >= 11 is 0. The van der Waals surface area contributed by atoms with Gasteiger partial charge in [-0.3, -0.25) is 0 Å². The maximum absolute atomic E-state index is 14.0. The fourth-order valence-electron chi connectivity index (χ4n) is 4.58. The SMILES string of the molecule is CCOC(=O)C1(Oc2cc(F)c(F)c(F)c2)CCCn2c(-c3ccc(-c4cnc(C)o4)c(OS(=O)(=O)C(F)(F)F)c3)nnc21. The molecule has 4 aromatic rings. The highest BCUT2D eigenvalue weighted by Crippen LogP contribution is 2.42. The lowest BCUT2D eigenvalue weighted by atomic mass is 9.92. The highest BCUT2D eigenvalue weighted by molar-refractivity contribution is 7.88. The van der Waals surface area contributed by atoms with Crippen LogP contribution in [0.1, 0.15) is 31.5 Å². The zero-order valence-corrected chi connectivity index (χ0v) is 23.4. The van der Waals surface area contributed by atoms with Crippen molar-refractivity contribution >= 4 is 16.1 Å². The van der Waals surface area contributed by atoms with E-state index in [9.17, 15) is 39.6 Å². The smallest absolute Gasteiger partial charge is 0.467 e. The predicted molar refractivity (Wildman–Crippen MR) is 136 cm³/mol. The Morgan fingerprint density at radius 1 is 1.11 bits per heavy atom. The average molecular weight is 647 g/mol. The monoisotopic (exact) mass is 646 g/mol. The lowest BCUT2D eigenvalue weighted by molar-refractivity contribution is -0.166. The van der Waals surface area contributed by atoms with E-state index in [0.717, 1.165) is 12.3 Å². The number of rotatable bonds is 8. The third kappa shape index (κ3) is 5.44. The molecule has 0 saturated heterocycles. The van der Waals surface area contributed by atoms with Crippen LogP contribution in [0.25, 0.3) is 22.7 Å². The molecule has 0 bridgehead atoms. The standard InChI is InChI=1S/C26H20F6N4O7S/c1-3-40-24(37)25(42-15-10-17(27)21(29)18(28)11-15)7-4-8-36-22(34-35-23(25)36)14-5-6-16(20-12-33-13(2)41-20)19(9-14)43-44(38,39)26(30,31)32/h5-6,9-12H,3-4,7-8H2,1-2H3. The fraction of sp³-hybridized carbons (Fsp3) is 0.308. The molecule has 1 aliphatic rings. The number of esters is 1. The normalized spacial score (nSPS) is 16.8. The van der Waals surface area contributed by atoms with Gasteiger partial charge in [0.2, 0.25) is 0 Å². The van der Waals surface area contributed by atoms with E-state index in [0.29, 0.717) is 12.1 Å². The maximum Gasteiger partial charge on any atom is 0.534 e. The molecule has 5 rings (SSSR count). The van der Waals surface area contributed by atoms with Gasteiger partial charge in [-0.25, -0.2) is 22.9 Å². The Morgan fingerprint density at radius 2 is 1.82 bits per heavy atom. The van der Waals surface area contributed by atoms with Crippen LogP contribution in [-0.2, 0) is 31.8 Å². The van der Waals surface area contributed by atoms with E-state index in [2.05, 4.69) is 19.4 Å². The van der Waals surface area contributed by atoms with Crippen LogP contribution in [0.4, 0.5) is 26.3 Å². The number of aromatic nitrogens is 4. The van der Waals surface area contributed by atoms with Gasteiger partial charge in [-0.05, 0) is 25.5 Å². The van der Waals surface area contributed by atoms with Crippen LogP contribution in [0.5, 0.6) is 11.5 Å². The van der Waals surface area contributed by atoms with E-state index >= 15 is 0 Å². The molecule has 2 aromatic heterocycles. The molecule has 0 spiro atoms. The third-order valence-electron chi connectivity index (χ3n) is 6.49. The molecule has 0 N–H and O–H groups in total. The number of ether oxygens (including phenoxy) is 2. The second-order valence-corrected chi connectivity index (χ2v) is 10.9. The van der Waals surface area contributed by atoms with Crippen molar-refractivity contribution in [3.8, 4) is 34.2 Å². The predicted octanol–water partition coefficient (Wildman–Crippen LogP) is 5.19. The molecule has 3 heterocycles. The number of carbonyl (C=O) groups is 1. The third-order valence-corrected chi connectivity index (χ3v) is 7.45. The zero-order chi connectivity index (χ0) is 32.0. The molecule has 1 unspecified atom stereocenters. The van der Waals surface area contributed by atoms with Gasteiger partial charge in [0.25, 0.3) is 5.60 Å². The second kappa shape index (κ2) is 11.1. The van der Waals surface area contributed by atoms with Gasteiger partial charge in [0, 0.05) is 37.6 Å². The van der Waals surface area contributed by atoms with Crippen molar-refractivity contribution in [3.63, 3.8) is 0 Å². The van der Waals surface area contributed by atoms with Gasteiger partial charge in [-0.1, -0.05) is 6.07 Å². The van der Waals surface area contributed by atoms with Gasteiger partial charge >= 0.3 is 21.6 Å². The van der Waals surface area contributed by atoms with Crippen molar-refractivity contribution in [2.75, 3.05) is 6.61 Å². The number of hydrogen-bond donors (Lipinski definition) is 0. The molecular formula is C26H20F6N4O7S. The first kappa shape index (κ1) is 30.8. The molecule has 0 radical (unpaired) electrons. The van der Waals surface area contributed by atoms with Gasteiger partial charge in [0.1, 0.15) is 5.75 Å². The topological polar surface area (TPSA) is 136 Å². The van der Waals surface area contributed by atoms with Crippen LogP contribution in [0.15, 0.2) is 40.9 Å². The molecule has 0 amide bonds. The summed E-state index contributed by atoms with van der Waals surface area (Å²) in [6.45, 7) is 2.94. The number of benzene rings is 2. The minimum atomic E-state index is -6.13. The minimum Gasteiger partial charge on any atom is -0.467 e. The second-order valence-electron chi connectivity index (χ2n) is 9.39. The van der Waals surface area contributed by atoms with Crippen molar-refractivity contribution in [1.82, 2.24) is 19.7 Å². The molecule has 11 nitrogen and oxygen atoms in total. The summed E-state index contributed by atoms with van der Waals surface area (Å²) in [5, 5.41) is 8.08. The number of fused-ring (bicyclic) bond motifs is 1. The van der Waals surface area contributed by atoms with Crippen molar-refractivity contribution in [3.05, 3.63) is 65.7 Å².